The van der Waals surface area contributed by atoms with Gasteiger partial charge in [-0.2, -0.15) is 0 Å². The third-order valence-electron chi connectivity index (χ3n) is 2.77. The number of aliphatic hydroxyl groups excluding tert-OH is 1. The Morgan fingerprint density at radius 3 is 2.76 bits per heavy atom. The molecule has 0 aliphatic heterocycles. The van der Waals surface area contributed by atoms with Crippen molar-refractivity contribution in [2.75, 3.05) is 26.2 Å². The lowest BCUT2D eigenvalue weighted by Crippen LogP contribution is -2.33. The van der Waals surface area contributed by atoms with E-state index in [9.17, 15) is 9.90 Å². The van der Waals surface area contributed by atoms with Crippen LogP contribution in [-0.4, -0.2) is 43.4 Å². The highest BCUT2D eigenvalue weighted by Gasteiger charge is 2.05. The third kappa shape index (κ3) is 8.67. The molecule has 0 saturated heterocycles. The summed E-state index contributed by atoms with van der Waals surface area (Å²) in [5.41, 5.74) is 1.01. The molecule has 1 atom stereocenters. The standard InChI is InChI=1S/C15H23ClN2O3/c1-2-18-15(20)7-8-17-9-14(19)11-21-10-12-3-5-13(16)6-4-12/h3-6,14,17,19H,2,7-11H2,1H3,(H,18,20). The van der Waals surface area contributed by atoms with Gasteiger partial charge in [-0.05, 0) is 24.6 Å². The van der Waals surface area contributed by atoms with E-state index in [1.54, 1.807) is 12.1 Å². The van der Waals surface area contributed by atoms with E-state index in [0.717, 1.165) is 5.56 Å². The predicted octanol–water partition coefficient (Wildman–Crippen LogP) is 1.33. The summed E-state index contributed by atoms with van der Waals surface area (Å²) in [6.07, 6.45) is -0.182. The van der Waals surface area contributed by atoms with Crippen LogP contribution in [0.1, 0.15) is 18.9 Å². The molecular weight excluding hydrogens is 292 g/mol. The molecular formula is C15H23ClN2O3. The van der Waals surface area contributed by atoms with Crippen LogP contribution in [0, 0.1) is 0 Å². The lowest BCUT2D eigenvalue weighted by atomic mass is 10.2. The van der Waals surface area contributed by atoms with Crippen LogP contribution in [0.15, 0.2) is 24.3 Å². The zero-order valence-electron chi connectivity index (χ0n) is 12.3. The van der Waals surface area contributed by atoms with Crippen LogP contribution in [0.2, 0.25) is 5.02 Å². The molecule has 1 rings (SSSR count). The van der Waals surface area contributed by atoms with Gasteiger partial charge in [-0.1, -0.05) is 23.7 Å². The Morgan fingerprint density at radius 1 is 1.38 bits per heavy atom. The number of nitrogens with one attached hydrogen (secondary N) is 2. The van der Waals surface area contributed by atoms with E-state index in [1.165, 1.54) is 0 Å². The number of carbonyl (C=O) groups is 1. The number of hydrogen-bond donors (Lipinski definition) is 3. The van der Waals surface area contributed by atoms with Gasteiger partial charge in [0.2, 0.25) is 5.91 Å². The average Bonchev–Trinajstić information content (AvgIpc) is 2.46. The second-order valence-corrected chi connectivity index (χ2v) is 5.14. The second kappa shape index (κ2) is 10.6. The highest BCUT2D eigenvalue weighted by molar-refractivity contribution is 6.30. The van der Waals surface area contributed by atoms with Crippen LogP contribution in [0.5, 0.6) is 0 Å². The largest absolute Gasteiger partial charge is 0.389 e. The van der Waals surface area contributed by atoms with Crippen LogP contribution < -0.4 is 10.6 Å². The van der Waals surface area contributed by atoms with E-state index in [-0.39, 0.29) is 12.5 Å². The van der Waals surface area contributed by atoms with Crippen LogP contribution in [-0.2, 0) is 16.1 Å². The van der Waals surface area contributed by atoms with Gasteiger partial charge in [-0.15, -0.1) is 0 Å². The third-order valence-corrected chi connectivity index (χ3v) is 3.03. The Kier molecular flexibility index (Phi) is 9.01. The molecule has 1 amide bonds. The first kappa shape index (κ1) is 17.9. The molecule has 0 aromatic heterocycles. The van der Waals surface area contributed by atoms with Gasteiger partial charge in [0, 0.05) is 31.1 Å². The molecule has 21 heavy (non-hydrogen) atoms. The normalized spacial score (nSPS) is 12.1. The molecule has 0 heterocycles. The number of benzene rings is 1. The lowest BCUT2D eigenvalue weighted by molar-refractivity contribution is -0.120. The fourth-order valence-electron chi connectivity index (χ4n) is 1.71. The van der Waals surface area contributed by atoms with Gasteiger partial charge in [-0.3, -0.25) is 4.79 Å². The molecule has 5 nitrogen and oxygen atoms in total. The Balaban J connectivity index is 2.04. The molecule has 1 aromatic carbocycles. The number of amides is 1. The van der Waals surface area contributed by atoms with E-state index < -0.39 is 6.10 Å². The molecule has 0 saturated carbocycles. The maximum atomic E-state index is 11.2. The summed E-state index contributed by atoms with van der Waals surface area (Å²) in [5.74, 6) is 0.0125. The van der Waals surface area contributed by atoms with Gasteiger partial charge >= 0.3 is 0 Å². The molecule has 1 unspecified atom stereocenters. The van der Waals surface area contributed by atoms with E-state index in [0.29, 0.717) is 37.7 Å². The molecule has 0 spiro atoms. The molecule has 1 aromatic rings. The topological polar surface area (TPSA) is 70.6 Å². The fraction of sp³-hybridized carbons (Fsp3) is 0.533. The van der Waals surface area contributed by atoms with Gasteiger partial charge in [0.1, 0.15) is 0 Å². The van der Waals surface area contributed by atoms with Crippen LogP contribution in [0.3, 0.4) is 0 Å². The molecule has 3 N–H and O–H groups in total. The van der Waals surface area contributed by atoms with Gasteiger partial charge in [-0.25, -0.2) is 0 Å². The minimum atomic E-state index is -0.591. The highest BCUT2D eigenvalue weighted by atomic mass is 35.5. The molecule has 0 bridgehead atoms. The summed E-state index contributed by atoms with van der Waals surface area (Å²) in [6, 6.07) is 7.39. The SMILES string of the molecule is CCNC(=O)CCNCC(O)COCc1ccc(Cl)cc1. The average molecular weight is 315 g/mol. The van der Waals surface area contributed by atoms with E-state index >= 15 is 0 Å². The zero-order valence-corrected chi connectivity index (χ0v) is 13.0. The minimum Gasteiger partial charge on any atom is -0.389 e. The van der Waals surface area contributed by atoms with Crippen molar-refractivity contribution in [1.82, 2.24) is 10.6 Å². The van der Waals surface area contributed by atoms with Gasteiger partial charge < -0.3 is 20.5 Å². The molecule has 6 heteroatoms. The second-order valence-electron chi connectivity index (χ2n) is 4.70. The van der Waals surface area contributed by atoms with Crippen molar-refractivity contribution in [2.24, 2.45) is 0 Å². The summed E-state index contributed by atoms with van der Waals surface area (Å²) in [4.78, 5) is 11.2. The van der Waals surface area contributed by atoms with Crippen molar-refractivity contribution in [3.05, 3.63) is 34.9 Å². The number of rotatable bonds is 10. The van der Waals surface area contributed by atoms with Gasteiger partial charge in [0.15, 0.2) is 0 Å². The van der Waals surface area contributed by atoms with Crippen molar-refractivity contribution >= 4 is 17.5 Å². The summed E-state index contributed by atoms with van der Waals surface area (Å²) < 4.78 is 5.43. The highest BCUT2D eigenvalue weighted by Crippen LogP contribution is 2.10. The summed E-state index contributed by atoms with van der Waals surface area (Å²) >= 11 is 5.79. The predicted molar refractivity (Wildman–Crippen MR) is 83.3 cm³/mol. The van der Waals surface area contributed by atoms with Crippen molar-refractivity contribution in [2.45, 2.75) is 26.1 Å². The smallest absolute Gasteiger partial charge is 0.221 e. The molecule has 118 valence electrons. The molecule has 0 aliphatic carbocycles. The maximum absolute atomic E-state index is 11.2. The number of carbonyl (C=O) groups excluding carboxylic acids is 1. The molecule has 0 radical (unpaired) electrons. The van der Waals surface area contributed by atoms with Crippen molar-refractivity contribution in [3.63, 3.8) is 0 Å². The summed E-state index contributed by atoms with van der Waals surface area (Å²) in [6.45, 7) is 4.15. The first-order valence-corrected chi connectivity index (χ1v) is 7.47. The Morgan fingerprint density at radius 2 is 2.10 bits per heavy atom. The van der Waals surface area contributed by atoms with E-state index in [2.05, 4.69) is 10.6 Å². The fourth-order valence-corrected chi connectivity index (χ4v) is 1.83. The number of halogens is 1. The number of hydrogen-bond acceptors (Lipinski definition) is 4. The first-order valence-electron chi connectivity index (χ1n) is 7.09. The van der Waals surface area contributed by atoms with Crippen LogP contribution >= 0.6 is 11.6 Å². The molecule has 0 fully saturated rings. The quantitative estimate of drug-likeness (QED) is 0.570. The number of aliphatic hydroxyl groups is 1. The van der Waals surface area contributed by atoms with Gasteiger partial charge in [0.05, 0.1) is 19.3 Å². The number of ether oxygens (including phenoxy) is 1. The summed E-state index contributed by atoms with van der Waals surface area (Å²) in [7, 11) is 0. The monoisotopic (exact) mass is 314 g/mol. The van der Waals surface area contributed by atoms with E-state index in [1.807, 2.05) is 19.1 Å². The van der Waals surface area contributed by atoms with Crippen molar-refractivity contribution in [1.29, 1.82) is 0 Å². The van der Waals surface area contributed by atoms with Crippen molar-refractivity contribution in [3.8, 4) is 0 Å². The first-order chi connectivity index (χ1) is 10.1. The summed E-state index contributed by atoms with van der Waals surface area (Å²) in [5, 5.41) is 16.2. The minimum absolute atomic E-state index is 0.0125. The lowest BCUT2D eigenvalue weighted by Gasteiger charge is -2.12. The Bertz CT molecular complexity index is 412. The van der Waals surface area contributed by atoms with Crippen molar-refractivity contribution < 1.29 is 14.6 Å². The Labute approximate surface area is 130 Å². The Hall–Kier alpha value is -1.14. The zero-order chi connectivity index (χ0) is 15.5. The maximum Gasteiger partial charge on any atom is 0.221 e. The molecule has 0 aliphatic rings. The van der Waals surface area contributed by atoms with Crippen LogP contribution in [0.25, 0.3) is 0 Å². The van der Waals surface area contributed by atoms with Gasteiger partial charge in [0.25, 0.3) is 0 Å². The van der Waals surface area contributed by atoms with Crippen LogP contribution in [0.4, 0.5) is 0 Å². The van der Waals surface area contributed by atoms with E-state index in [4.69, 9.17) is 16.3 Å².